The molecule has 1 unspecified atom stereocenters. The Morgan fingerprint density at radius 1 is 1.37 bits per heavy atom. The Morgan fingerprint density at radius 2 is 2.16 bits per heavy atom. The molecule has 3 heterocycles. The molecule has 0 radical (unpaired) electrons. The molecule has 0 aromatic carbocycles. The number of hydrogen-bond acceptors (Lipinski definition) is 3. The second-order valence-electron chi connectivity index (χ2n) is 5.87. The van der Waals surface area contributed by atoms with Gasteiger partial charge in [-0.1, -0.05) is 6.92 Å². The molecule has 4 heteroatoms. The van der Waals surface area contributed by atoms with Crippen LogP contribution in [-0.2, 0) is 0 Å². The standard InChI is InChI=1S/C15H22N4/c1-11-7-9-18(10-11)15-12(2)14-13(17(3)4)6-5-8-19(14)16-15/h5-6,8,11H,7,9-10H2,1-4H3. The molecule has 1 aliphatic heterocycles. The highest BCUT2D eigenvalue weighted by atomic mass is 15.3. The molecule has 102 valence electrons. The predicted molar refractivity (Wildman–Crippen MR) is 80.3 cm³/mol. The van der Waals surface area contributed by atoms with Crippen molar-refractivity contribution < 1.29 is 0 Å². The first-order valence-electron chi connectivity index (χ1n) is 6.98. The lowest BCUT2D eigenvalue weighted by molar-refractivity contribution is 0.658. The van der Waals surface area contributed by atoms with Crippen molar-refractivity contribution in [1.82, 2.24) is 9.61 Å². The maximum absolute atomic E-state index is 4.79. The minimum atomic E-state index is 0.775. The molecule has 1 saturated heterocycles. The number of aryl methyl sites for hydroxylation is 1. The maximum Gasteiger partial charge on any atom is 0.154 e. The van der Waals surface area contributed by atoms with E-state index in [1.165, 1.54) is 23.2 Å². The minimum Gasteiger partial charge on any atom is -0.376 e. The smallest absolute Gasteiger partial charge is 0.154 e. The fourth-order valence-corrected chi connectivity index (χ4v) is 3.01. The second kappa shape index (κ2) is 4.44. The molecule has 0 N–H and O–H groups in total. The zero-order valence-electron chi connectivity index (χ0n) is 12.2. The van der Waals surface area contributed by atoms with Gasteiger partial charge >= 0.3 is 0 Å². The molecule has 4 nitrogen and oxygen atoms in total. The number of hydrogen-bond donors (Lipinski definition) is 0. The molecule has 1 aliphatic rings. The van der Waals surface area contributed by atoms with Crippen LogP contribution >= 0.6 is 0 Å². The van der Waals surface area contributed by atoms with Crippen molar-refractivity contribution in [2.24, 2.45) is 5.92 Å². The molecule has 0 amide bonds. The molecular formula is C15H22N4. The Bertz CT molecular complexity index is 599. The first-order valence-corrected chi connectivity index (χ1v) is 6.98. The number of pyridine rings is 1. The van der Waals surface area contributed by atoms with E-state index in [0.717, 1.165) is 24.8 Å². The molecule has 19 heavy (non-hydrogen) atoms. The largest absolute Gasteiger partial charge is 0.376 e. The van der Waals surface area contributed by atoms with Crippen molar-refractivity contribution in [1.29, 1.82) is 0 Å². The average Bonchev–Trinajstić information content (AvgIpc) is 2.93. The Kier molecular flexibility index (Phi) is 2.88. The Hall–Kier alpha value is -1.71. The lowest BCUT2D eigenvalue weighted by atomic mass is 10.2. The summed E-state index contributed by atoms with van der Waals surface area (Å²) in [5.41, 5.74) is 3.74. The van der Waals surface area contributed by atoms with Gasteiger partial charge in [-0.15, -0.1) is 5.10 Å². The summed E-state index contributed by atoms with van der Waals surface area (Å²) in [6.45, 7) is 6.76. The SMILES string of the molecule is Cc1c(N2CCC(C)C2)nn2cccc(N(C)C)c12. The van der Waals surface area contributed by atoms with E-state index in [1.807, 2.05) is 10.7 Å². The highest BCUT2D eigenvalue weighted by Crippen LogP contribution is 2.32. The summed E-state index contributed by atoms with van der Waals surface area (Å²) in [5, 5.41) is 4.79. The number of fused-ring (bicyclic) bond motifs is 1. The van der Waals surface area contributed by atoms with Crippen molar-refractivity contribution >= 4 is 17.0 Å². The fraction of sp³-hybridized carbons (Fsp3) is 0.533. The fourth-order valence-electron chi connectivity index (χ4n) is 3.01. The second-order valence-corrected chi connectivity index (χ2v) is 5.87. The number of aromatic nitrogens is 2. The van der Waals surface area contributed by atoms with Crippen molar-refractivity contribution in [2.75, 3.05) is 37.0 Å². The quantitative estimate of drug-likeness (QED) is 0.827. The monoisotopic (exact) mass is 258 g/mol. The van der Waals surface area contributed by atoms with E-state index >= 15 is 0 Å². The van der Waals surface area contributed by atoms with E-state index in [-0.39, 0.29) is 0 Å². The molecule has 2 aromatic heterocycles. The number of rotatable bonds is 2. The third-order valence-corrected chi connectivity index (χ3v) is 4.05. The number of nitrogens with zero attached hydrogens (tertiary/aromatic N) is 4. The van der Waals surface area contributed by atoms with E-state index in [1.54, 1.807) is 0 Å². The van der Waals surface area contributed by atoms with E-state index in [4.69, 9.17) is 5.10 Å². The summed E-state index contributed by atoms with van der Waals surface area (Å²) in [5.74, 6) is 1.93. The van der Waals surface area contributed by atoms with Gasteiger partial charge in [0.1, 0.15) is 0 Å². The van der Waals surface area contributed by atoms with E-state index in [2.05, 4.69) is 49.9 Å². The Balaban J connectivity index is 2.13. The molecule has 1 fully saturated rings. The van der Waals surface area contributed by atoms with Crippen molar-refractivity contribution in [3.63, 3.8) is 0 Å². The van der Waals surface area contributed by atoms with Crippen LogP contribution in [-0.4, -0.2) is 36.8 Å². The molecule has 0 saturated carbocycles. The van der Waals surface area contributed by atoms with Crippen LogP contribution in [0.4, 0.5) is 11.5 Å². The van der Waals surface area contributed by atoms with Gasteiger partial charge in [-0.05, 0) is 31.4 Å². The molecule has 1 atom stereocenters. The third-order valence-electron chi connectivity index (χ3n) is 4.05. The number of anilines is 2. The van der Waals surface area contributed by atoms with Gasteiger partial charge in [-0.3, -0.25) is 0 Å². The van der Waals surface area contributed by atoms with Crippen LogP contribution in [0.1, 0.15) is 18.9 Å². The van der Waals surface area contributed by atoms with Gasteiger partial charge in [0, 0.05) is 38.9 Å². The van der Waals surface area contributed by atoms with E-state index < -0.39 is 0 Å². The molecule has 0 bridgehead atoms. The van der Waals surface area contributed by atoms with Gasteiger partial charge in [0.2, 0.25) is 0 Å². The van der Waals surface area contributed by atoms with Gasteiger partial charge in [0.25, 0.3) is 0 Å². The highest BCUT2D eigenvalue weighted by Gasteiger charge is 2.24. The summed E-state index contributed by atoms with van der Waals surface area (Å²) >= 11 is 0. The van der Waals surface area contributed by atoms with Crippen LogP contribution in [0.15, 0.2) is 18.3 Å². The van der Waals surface area contributed by atoms with Crippen molar-refractivity contribution in [2.45, 2.75) is 20.3 Å². The first kappa shape index (κ1) is 12.3. The Morgan fingerprint density at radius 3 is 2.79 bits per heavy atom. The zero-order chi connectivity index (χ0) is 13.6. The van der Waals surface area contributed by atoms with Gasteiger partial charge < -0.3 is 9.80 Å². The minimum absolute atomic E-state index is 0.775. The normalized spacial score (nSPS) is 19.4. The average molecular weight is 258 g/mol. The van der Waals surface area contributed by atoms with Crippen LogP contribution in [0.3, 0.4) is 0 Å². The molecular weight excluding hydrogens is 236 g/mol. The first-order chi connectivity index (χ1) is 9.08. The summed E-state index contributed by atoms with van der Waals surface area (Å²) in [7, 11) is 4.17. The van der Waals surface area contributed by atoms with Gasteiger partial charge in [0.15, 0.2) is 5.82 Å². The van der Waals surface area contributed by atoms with Gasteiger partial charge in [0.05, 0.1) is 11.2 Å². The lowest BCUT2D eigenvalue weighted by Crippen LogP contribution is -2.20. The lowest BCUT2D eigenvalue weighted by Gasteiger charge is -2.16. The van der Waals surface area contributed by atoms with Gasteiger partial charge in [-0.25, -0.2) is 4.52 Å². The summed E-state index contributed by atoms with van der Waals surface area (Å²) in [4.78, 5) is 4.58. The third kappa shape index (κ3) is 1.95. The highest BCUT2D eigenvalue weighted by molar-refractivity contribution is 5.80. The van der Waals surface area contributed by atoms with Crippen molar-refractivity contribution in [3.8, 4) is 0 Å². The molecule has 3 rings (SSSR count). The summed E-state index contributed by atoms with van der Waals surface area (Å²) in [6.07, 6.45) is 3.31. The topological polar surface area (TPSA) is 23.8 Å². The summed E-state index contributed by atoms with van der Waals surface area (Å²) in [6, 6.07) is 4.21. The van der Waals surface area contributed by atoms with Crippen molar-refractivity contribution in [3.05, 3.63) is 23.9 Å². The Labute approximate surface area is 114 Å². The molecule has 0 aliphatic carbocycles. The van der Waals surface area contributed by atoms with Gasteiger partial charge in [-0.2, -0.15) is 0 Å². The maximum atomic E-state index is 4.79. The molecule has 0 spiro atoms. The van der Waals surface area contributed by atoms with Crippen LogP contribution < -0.4 is 9.80 Å². The van der Waals surface area contributed by atoms with Crippen LogP contribution in [0.2, 0.25) is 0 Å². The van der Waals surface area contributed by atoms with Crippen LogP contribution in [0.25, 0.3) is 5.52 Å². The van der Waals surface area contributed by atoms with E-state index in [9.17, 15) is 0 Å². The van der Waals surface area contributed by atoms with Crippen LogP contribution in [0, 0.1) is 12.8 Å². The zero-order valence-corrected chi connectivity index (χ0v) is 12.2. The van der Waals surface area contributed by atoms with Crippen LogP contribution in [0.5, 0.6) is 0 Å². The van der Waals surface area contributed by atoms with E-state index in [0.29, 0.717) is 0 Å². The predicted octanol–water partition coefficient (Wildman–Crippen LogP) is 2.55. The summed E-state index contributed by atoms with van der Waals surface area (Å²) < 4.78 is 2.02. The molecule has 2 aromatic rings.